The molecule has 1 aromatic carbocycles. The number of rotatable bonds is 3. The molecule has 3 rings (SSSR count). The van der Waals surface area contributed by atoms with Crippen molar-refractivity contribution < 1.29 is 9.84 Å². The summed E-state index contributed by atoms with van der Waals surface area (Å²) in [5, 5.41) is 12.7. The normalized spacial score (nSPS) is 13.7. The largest absolute Gasteiger partial charge is 0.477 e. The monoisotopic (exact) mass is 281 g/mol. The molecule has 5 heteroatoms. The molecule has 0 atom stereocenters. The number of nitrogens with zero attached hydrogens (tertiary/aromatic N) is 1. The predicted octanol–water partition coefficient (Wildman–Crippen LogP) is 2.91. The highest BCUT2D eigenvalue weighted by molar-refractivity contribution is 7.99. The van der Waals surface area contributed by atoms with Crippen molar-refractivity contribution in [3.63, 3.8) is 0 Å². The van der Waals surface area contributed by atoms with Crippen LogP contribution in [-0.2, 0) is 6.42 Å². The highest BCUT2D eigenvalue weighted by Gasteiger charge is 2.20. The third-order valence-corrected chi connectivity index (χ3v) is 4.13. The summed E-state index contributed by atoms with van der Waals surface area (Å²) in [5.74, 6) is 1.35. The second-order valence-electron chi connectivity index (χ2n) is 4.06. The van der Waals surface area contributed by atoms with E-state index in [-0.39, 0.29) is 6.61 Å². The third kappa shape index (κ3) is 2.05. The second-order valence-corrected chi connectivity index (χ2v) is 5.58. The van der Waals surface area contributed by atoms with Crippen LogP contribution in [0.1, 0.15) is 5.56 Å². The molecule has 94 valence electrons. The molecule has 0 bridgehead atoms. The number of hydrogen-bond donors (Lipinski definition) is 1. The molecule has 2 aromatic rings. The van der Waals surface area contributed by atoms with Crippen molar-refractivity contribution in [1.29, 1.82) is 0 Å². The molecule has 1 N–H and O–H groups in total. The molecule has 2 heterocycles. The fraction of sp³-hybridized carbons (Fsp3) is 0.308. The number of thioether (sulfide) groups is 1. The summed E-state index contributed by atoms with van der Waals surface area (Å²) < 4.78 is 5.54. The van der Waals surface area contributed by atoms with Crippen molar-refractivity contribution in [3.05, 3.63) is 28.8 Å². The Balaban J connectivity index is 2.21. The number of aromatic nitrogens is 1. The van der Waals surface area contributed by atoms with Gasteiger partial charge in [-0.15, -0.1) is 11.8 Å². The van der Waals surface area contributed by atoms with Gasteiger partial charge in [-0.1, -0.05) is 17.7 Å². The number of halogens is 1. The van der Waals surface area contributed by atoms with E-state index in [0.29, 0.717) is 17.4 Å². The SMILES string of the molecule is OCCSc1nc2c(c3ccc(Cl)cc13)CCO2. The Labute approximate surface area is 114 Å². The molecular formula is C13H12ClNO2S. The van der Waals surface area contributed by atoms with E-state index in [4.69, 9.17) is 21.4 Å². The van der Waals surface area contributed by atoms with Gasteiger partial charge in [0.2, 0.25) is 5.88 Å². The van der Waals surface area contributed by atoms with Crippen LogP contribution in [-0.4, -0.2) is 29.1 Å². The first-order chi connectivity index (χ1) is 8.79. The summed E-state index contributed by atoms with van der Waals surface area (Å²) in [4.78, 5) is 4.53. The van der Waals surface area contributed by atoms with Crippen LogP contribution >= 0.6 is 23.4 Å². The summed E-state index contributed by atoms with van der Waals surface area (Å²) in [6, 6.07) is 5.85. The van der Waals surface area contributed by atoms with Crippen molar-refractivity contribution in [1.82, 2.24) is 4.98 Å². The molecule has 0 fully saturated rings. The number of aliphatic hydroxyl groups is 1. The Bertz CT molecular complexity index is 603. The molecule has 18 heavy (non-hydrogen) atoms. The van der Waals surface area contributed by atoms with E-state index in [2.05, 4.69) is 4.98 Å². The Morgan fingerprint density at radius 3 is 3.11 bits per heavy atom. The standard InChI is InChI=1S/C13H12ClNO2S/c14-8-1-2-9-10-3-5-17-12(10)15-13(11(9)7-8)18-6-4-16/h1-2,7,16H,3-6H2. The molecule has 0 amide bonds. The van der Waals surface area contributed by atoms with Gasteiger partial charge in [0, 0.05) is 28.1 Å². The molecule has 0 unspecified atom stereocenters. The molecule has 1 aromatic heterocycles. The minimum absolute atomic E-state index is 0.131. The van der Waals surface area contributed by atoms with Gasteiger partial charge in [-0.05, 0) is 17.5 Å². The van der Waals surface area contributed by atoms with E-state index in [1.165, 1.54) is 11.8 Å². The van der Waals surface area contributed by atoms with Crippen molar-refractivity contribution in [2.45, 2.75) is 11.4 Å². The first kappa shape index (κ1) is 12.1. The lowest BCUT2D eigenvalue weighted by molar-refractivity contribution is 0.322. The molecule has 3 nitrogen and oxygen atoms in total. The van der Waals surface area contributed by atoms with Crippen LogP contribution in [0.2, 0.25) is 5.02 Å². The fourth-order valence-electron chi connectivity index (χ4n) is 2.15. The zero-order chi connectivity index (χ0) is 12.5. The van der Waals surface area contributed by atoms with Crippen molar-refractivity contribution in [3.8, 4) is 5.88 Å². The molecule has 0 saturated heterocycles. The van der Waals surface area contributed by atoms with Gasteiger partial charge in [0.1, 0.15) is 5.03 Å². The van der Waals surface area contributed by atoms with Crippen LogP contribution in [0.5, 0.6) is 5.88 Å². The topological polar surface area (TPSA) is 42.4 Å². The van der Waals surface area contributed by atoms with Gasteiger partial charge < -0.3 is 9.84 Å². The second kappa shape index (κ2) is 4.96. The number of hydrogen-bond acceptors (Lipinski definition) is 4. The average Bonchev–Trinajstić information content (AvgIpc) is 2.83. The van der Waals surface area contributed by atoms with Crippen LogP contribution in [0.4, 0.5) is 0 Å². The van der Waals surface area contributed by atoms with E-state index in [1.807, 2.05) is 18.2 Å². The highest BCUT2D eigenvalue weighted by atomic mass is 35.5. The van der Waals surface area contributed by atoms with Crippen molar-refractivity contribution in [2.24, 2.45) is 0 Å². The van der Waals surface area contributed by atoms with Crippen LogP contribution in [0.25, 0.3) is 10.8 Å². The van der Waals surface area contributed by atoms with Gasteiger partial charge >= 0.3 is 0 Å². The number of aliphatic hydroxyl groups excluding tert-OH is 1. The van der Waals surface area contributed by atoms with E-state index >= 15 is 0 Å². The number of benzene rings is 1. The molecule has 0 saturated carbocycles. The smallest absolute Gasteiger partial charge is 0.218 e. The molecule has 1 aliphatic rings. The summed E-state index contributed by atoms with van der Waals surface area (Å²) >= 11 is 7.58. The summed E-state index contributed by atoms with van der Waals surface area (Å²) in [5.41, 5.74) is 1.16. The van der Waals surface area contributed by atoms with Gasteiger partial charge in [-0.3, -0.25) is 0 Å². The average molecular weight is 282 g/mol. The van der Waals surface area contributed by atoms with E-state index in [1.54, 1.807) is 0 Å². The number of pyridine rings is 1. The maximum absolute atomic E-state index is 8.94. The van der Waals surface area contributed by atoms with E-state index in [9.17, 15) is 0 Å². The Morgan fingerprint density at radius 2 is 2.28 bits per heavy atom. The van der Waals surface area contributed by atoms with E-state index < -0.39 is 0 Å². The van der Waals surface area contributed by atoms with Gasteiger partial charge in [-0.25, -0.2) is 4.98 Å². The zero-order valence-electron chi connectivity index (χ0n) is 9.65. The Hall–Kier alpha value is -0.970. The predicted molar refractivity (Wildman–Crippen MR) is 73.8 cm³/mol. The number of fused-ring (bicyclic) bond motifs is 3. The van der Waals surface area contributed by atoms with Gasteiger partial charge in [-0.2, -0.15) is 0 Å². The lowest BCUT2D eigenvalue weighted by Gasteiger charge is -2.09. The first-order valence-electron chi connectivity index (χ1n) is 5.78. The van der Waals surface area contributed by atoms with Crippen molar-refractivity contribution >= 4 is 34.1 Å². The summed E-state index contributed by atoms with van der Waals surface area (Å²) in [7, 11) is 0. The van der Waals surface area contributed by atoms with Gasteiger partial charge in [0.25, 0.3) is 0 Å². The molecule has 0 aliphatic carbocycles. The lowest BCUT2D eigenvalue weighted by atomic mass is 10.1. The minimum atomic E-state index is 0.131. The zero-order valence-corrected chi connectivity index (χ0v) is 11.2. The quantitative estimate of drug-likeness (QED) is 0.879. The Morgan fingerprint density at radius 1 is 1.39 bits per heavy atom. The third-order valence-electron chi connectivity index (χ3n) is 2.92. The van der Waals surface area contributed by atoms with Crippen LogP contribution in [0, 0.1) is 0 Å². The lowest BCUT2D eigenvalue weighted by Crippen LogP contribution is -1.93. The number of ether oxygens (including phenoxy) is 1. The van der Waals surface area contributed by atoms with Gasteiger partial charge in [0.05, 0.1) is 13.2 Å². The minimum Gasteiger partial charge on any atom is -0.477 e. The molecule has 0 spiro atoms. The van der Waals surface area contributed by atoms with Crippen LogP contribution in [0.3, 0.4) is 0 Å². The fourth-order valence-corrected chi connectivity index (χ4v) is 3.08. The molecular weight excluding hydrogens is 270 g/mol. The maximum Gasteiger partial charge on any atom is 0.218 e. The van der Waals surface area contributed by atoms with Gasteiger partial charge in [0.15, 0.2) is 0 Å². The first-order valence-corrected chi connectivity index (χ1v) is 7.14. The van der Waals surface area contributed by atoms with Crippen LogP contribution in [0.15, 0.2) is 23.2 Å². The Kier molecular flexibility index (Phi) is 3.33. The summed E-state index contributed by atoms with van der Waals surface area (Å²) in [6.45, 7) is 0.820. The maximum atomic E-state index is 8.94. The molecule has 1 aliphatic heterocycles. The summed E-state index contributed by atoms with van der Waals surface area (Å²) in [6.07, 6.45) is 0.894. The van der Waals surface area contributed by atoms with Crippen molar-refractivity contribution in [2.75, 3.05) is 19.0 Å². The van der Waals surface area contributed by atoms with Crippen LogP contribution < -0.4 is 4.74 Å². The molecule has 0 radical (unpaired) electrons. The highest BCUT2D eigenvalue weighted by Crippen LogP contribution is 2.37. The van der Waals surface area contributed by atoms with E-state index in [0.717, 1.165) is 33.7 Å².